The zero-order valence-corrected chi connectivity index (χ0v) is 39.1. The van der Waals surface area contributed by atoms with Crippen LogP contribution in [0.15, 0.2) is 191 Å². The molecule has 0 N–H and O–H groups in total. The molecule has 7 heteroatoms. The number of fused-ring (bicyclic) bond motifs is 10. The van der Waals surface area contributed by atoms with Gasteiger partial charge in [-0.1, -0.05) is 179 Å². The summed E-state index contributed by atoms with van der Waals surface area (Å²) in [6.07, 6.45) is 0. The lowest BCUT2D eigenvalue weighted by Crippen LogP contribution is -2.65. The van der Waals surface area contributed by atoms with Gasteiger partial charge in [-0.15, -0.1) is 0 Å². The molecule has 0 fully saturated rings. The van der Waals surface area contributed by atoms with Crippen LogP contribution in [0, 0.1) is 27.7 Å². The molecule has 0 aliphatic carbocycles. The summed E-state index contributed by atoms with van der Waals surface area (Å²) in [6.45, 7) is 8.67. The second kappa shape index (κ2) is 14.3. The number of benzene rings is 10. The van der Waals surface area contributed by atoms with Crippen LogP contribution in [-0.2, 0) is 0 Å². The minimum Gasteiger partial charge on any atom is -0.456 e. The van der Waals surface area contributed by atoms with Gasteiger partial charge in [-0.3, -0.25) is 9.80 Å². The van der Waals surface area contributed by atoms with Crippen molar-refractivity contribution >= 4 is 130 Å². The van der Waals surface area contributed by atoms with Gasteiger partial charge in [0.1, 0.15) is 22.3 Å². The fourth-order valence-corrected chi connectivity index (χ4v) is 13.0. The number of amides is 2. The van der Waals surface area contributed by atoms with Crippen molar-refractivity contribution in [3.63, 3.8) is 0 Å². The van der Waals surface area contributed by atoms with Gasteiger partial charge in [0.2, 0.25) is 13.4 Å². The number of anilines is 4. The van der Waals surface area contributed by atoms with E-state index in [-0.39, 0.29) is 19.5 Å². The SMILES string of the molecule is Cc1cccc(C)c1B1c2ccc(-c3cccc4oc5ccccc5c34)cc2N2C(=O)N3c4cc(-c5cccc6oc7ccccc7c56)ccc4B(c4c(C)cccc4C)c4ccc5ccc1c2c5c43. The number of nitrogens with zero attached hydrogens (tertiary/aromatic N) is 2. The molecular formula is C63H42B2N2O3. The largest absolute Gasteiger partial charge is 0.456 e. The van der Waals surface area contributed by atoms with E-state index >= 15 is 4.79 Å². The Morgan fingerprint density at radius 2 is 0.786 bits per heavy atom. The first-order chi connectivity index (χ1) is 34.3. The van der Waals surface area contributed by atoms with E-state index in [1.54, 1.807) is 0 Å². The van der Waals surface area contributed by atoms with Crippen LogP contribution < -0.4 is 42.6 Å². The lowest BCUT2D eigenvalue weighted by molar-refractivity contribution is 0.255. The van der Waals surface area contributed by atoms with Crippen LogP contribution in [0.1, 0.15) is 22.3 Å². The molecule has 2 aromatic heterocycles. The average molecular weight is 897 g/mol. The molecule has 15 rings (SSSR count). The van der Waals surface area contributed by atoms with Crippen molar-refractivity contribution in [2.75, 3.05) is 9.80 Å². The Hall–Kier alpha value is -8.54. The zero-order valence-electron chi connectivity index (χ0n) is 39.1. The van der Waals surface area contributed by atoms with Gasteiger partial charge in [0.15, 0.2) is 0 Å². The Balaban J connectivity index is 1.05. The Kier molecular flexibility index (Phi) is 8.03. The van der Waals surface area contributed by atoms with Crippen LogP contribution >= 0.6 is 0 Å². The molecule has 5 nitrogen and oxygen atoms in total. The average Bonchev–Trinajstić information content (AvgIpc) is 3.96. The third-order valence-corrected chi connectivity index (χ3v) is 15.9. The Labute approximate surface area is 405 Å². The number of hydrogen-bond acceptors (Lipinski definition) is 3. The second-order valence-corrected chi connectivity index (χ2v) is 19.6. The van der Waals surface area contributed by atoms with Crippen LogP contribution in [-0.4, -0.2) is 19.5 Å². The van der Waals surface area contributed by atoms with Gasteiger partial charge < -0.3 is 8.83 Å². The van der Waals surface area contributed by atoms with Gasteiger partial charge in [-0.2, -0.15) is 0 Å². The molecule has 10 aromatic carbocycles. The molecule has 0 unspecified atom stereocenters. The van der Waals surface area contributed by atoms with Crippen molar-refractivity contribution in [2.24, 2.45) is 0 Å². The van der Waals surface area contributed by atoms with Crippen molar-refractivity contribution in [1.29, 1.82) is 0 Å². The molecule has 0 radical (unpaired) electrons. The third kappa shape index (κ3) is 5.21. The third-order valence-electron chi connectivity index (χ3n) is 15.9. The monoisotopic (exact) mass is 896 g/mol. The van der Waals surface area contributed by atoms with Crippen LogP contribution in [0.4, 0.5) is 27.5 Å². The molecule has 3 aliphatic heterocycles. The standard InChI is InChI=1S/C63H42B2N2O3/c1-35-13-9-14-36(2)59(35)64-46-29-27-40(42-19-11-23-54-57(42)44-17-5-7-21-52(44)69-54)33-50(46)66-61-48(64)31-25-39-26-32-49-62(56(39)61)67(63(66)68)51-34-41(28-30-47(51)65(49)60-37(3)15-10-16-38(60)4)43-20-12-24-55-58(43)45-18-6-8-22-53(45)70-55/h5-34H,1-4H3. The number of rotatable bonds is 4. The number of carbonyl (C=O) groups is 1. The molecule has 3 aliphatic rings. The highest BCUT2D eigenvalue weighted by molar-refractivity contribution is 7.00. The molecule has 0 saturated carbocycles. The summed E-state index contributed by atoms with van der Waals surface area (Å²) in [5, 5.41) is 6.47. The maximum absolute atomic E-state index is 16.7. The van der Waals surface area contributed by atoms with Gasteiger partial charge in [0.05, 0.1) is 11.4 Å². The predicted octanol–water partition coefficient (Wildman–Crippen LogP) is 12.3. The molecule has 5 heterocycles. The summed E-state index contributed by atoms with van der Waals surface area (Å²) in [5.41, 5.74) is 23.2. The highest BCUT2D eigenvalue weighted by atomic mass is 16.3. The first kappa shape index (κ1) is 39.5. The summed E-state index contributed by atoms with van der Waals surface area (Å²) < 4.78 is 12.9. The molecular weight excluding hydrogens is 854 g/mol. The van der Waals surface area contributed by atoms with E-state index in [2.05, 4.69) is 183 Å². The smallest absolute Gasteiger partial charge is 0.338 e. The number of furan rings is 2. The van der Waals surface area contributed by atoms with Crippen LogP contribution in [0.5, 0.6) is 0 Å². The lowest BCUT2D eigenvalue weighted by Gasteiger charge is -2.47. The van der Waals surface area contributed by atoms with Crippen molar-refractivity contribution in [2.45, 2.75) is 27.7 Å². The number of hydrogen-bond donors (Lipinski definition) is 0. The molecule has 12 aromatic rings. The van der Waals surface area contributed by atoms with Gasteiger partial charge >= 0.3 is 6.03 Å². The maximum atomic E-state index is 16.7. The summed E-state index contributed by atoms with van der Waals surface area (Å²) in [7, 11) is 0. The van der Waals surface area contributed by atoms with E-state index in [1.807, 2.05) is 36.4 Å². The van der Waals surface area contributed by atoms with Crippen molar-refractivity contribution in [1.82, 2.24) is 0 Å². The van der Waals surface area contributed by atoms with Gasteiger partial charge in [-0.05, 0) is 114 Å². The number of carbonyl (C=O) groups excluding carboxylic acids is 1. The minimum absolute atomic E-state index is 0.0932. The fraction of sp³-hybridized carbons (Fsp3) is 0.0635. The first-order valence-electron chi connectivity index (χ1n) is 24.3. The van der Waals surface area contributed by atoms with Crippen LogP contribution in [0.2, 0.25) is 0 Å². The molecule has 0 spiro atoms. The van der Waals surface area contributed by atoms with Gasteiger partial charge in [0, 0.05) is 38.3 Å². The molecule has 0 saturated heterocycles. The Bertz CT molecular complexity index is 4010. The number of urea groups is 1. The summed E-state index contributed by atoms with van der Waals surface area (Å²) in [6, 6.07) is 65.0. The van der Waals surface area contributed by atoms with E-state index in [9.17, 15) is 0 Å². The molecule has 0 bridgehead atoms. The summed E-state index contributed by atoms with van der Waals surface area (Å²) >= 11 is 0. The Morgan fingerprint density at radius 1 is 0.386 bits per heavy atom. The topological polar surface area (TPSA) is 49.8 Å². The van der Waals surface area contributed by atoms with E-state index < -0.39 is 0 Å². The lowest BCUT2D eigenvalue weighted by atomic mass is 9.32. The van der Waals surface area contributed by atoms with E-state index in [4.69, 9.17) is 8.83 Å². The van der Waals surface area contributed by atoms with Gasteiger partial charge in [-0.25, -0.2) is 4.79 Å². The molecule has 2 amide bonds. The summed E-state index contributed by atoms with van der Waals surface area (Å²) in [4.78, 5) is 20.8. The molecule has 0 atom stereocenters. The van der Waals surface area contributed by atoms with Crippen molar-refractivity contribution in [3.05, 3.63) is 204 Å². The Morgan fingerprint density at radius 3 is 1.24 bits per heavy atom. The number of para-hydroxylation sites is 2. The number of aryl methyl sites for hydroxylation is 4. The fourth-order valence-electron chi connectivity index (χ4n) is 13.0. The molecule has 70 heavy (non-hydrogen) atoms. The van der Waals surface area contributed by atoms with E-state index in [1.165, 1.54) is 33.2 Å². The summed E-state index contributed by atoms with van der Waals surface area (Å²) in [5.74, 6) is 0. The van der Waals surface area contributed by atoms with Crippen molar-refractivity contribution in [3.8, 4) is 22.3 Å². The van der Waals surface area contributed by atoms with E-state index in [0.717, 1.165) is 122 Å². The normalized spacial score (nSPS) is 13.6. The first-order valence-corrected chi connectivity index (χ1v) is 24.3. The highest BCUT2D eigenvalue weighted by Crippen LogP contribution is 2.49. The minimum atomic E-state index is -0.121. The van der Waals surface area contributed by atoms with Gasteiger partial charge in [0.25, 0.3) is 0 Å². The highest BCUT2D eigenvalue weighted by Gasteiger charge is 2.49. The maximum Gasteiger partial charge on any atom is 0.338 e. The van der Waals surface area contributed by atoms with Crippen molar-refractivity contribution < 1.29 is 13.6 Å². The predicted molar refractivity (Wildman–Crippen MR) is 293 cm³/mol. The van der Waals surface area contributed by atoms with Crippen LogP contribution in [0.3, 0.4) is 0 Å². The molecule has 328 valence electrons. The second-order valence-electron chi connectivity index (χ2n) is 19.6. The zero-order chi connectivity index (χ0) is 46.7. The van der Waals surface area contributed by atoms with E-state index in [0.29, 0.717) is 0 Å². The van der Waals surface area contributed by atoms with Crippen LogP contribution in [0.25, 0.3) is 76.9 Å². The quantitative estimate of drug-likeness (QED) is 0.165.